The number of sulfone groups is 1. The van der Waals surface area contributed by atoms with Gasteiger partial charge in [-0.15, -0.1) is 0 Å². The zero-order chi connectivity index (χ0) is 38.7. The molecule has 1 saturated carbocycles. The minimum absolute atomic E-state index is 0.111. The van der Waals surface area contributed by atoms with E-state index in [1.807, 2.05) is 37.2 Å². The number of anilines is 1. The van der Waals surface area contributed by atoms with Crippen LogP contribution in [-0.4, -0.2) is 143 Å². The van der Waals surface area contributed by atoms with Crippen LogP contribution >= 0.6 is 0 Å². The third kappa shape index (κ3) is 8.74. The second-order valence-corrected chi connectivity index (χ2v) is 19.2. The molecule has 2 N–H and O–H groups in total. The van der Waals surface area contributed by atoms with Gasteiger partial charge in [-0.3, -0.25) is 4.79 Å². The number of benzene rings is 2. The molecular formula is C42H59FN6O5S. The highest BCUT2D eigenvalue weighted by Crippen LogP contribution is 2.51. The van der Waals surface area contributed by atoms with E-state index in [1.54, 1.807) is 29.2 Å². The number of carboxylic acid groups (broad SMARTS) is 1. The van der Waals surface area contributed by atoms with Crippen molar-refractivity contribution in [2.24, 2.45) is 17.8 Å². The molecule has 7 rings (SSSR count). The van der Waals surface area contributed by atoms with Crippen molar-refractivity contribution in [3.05, 3.63) is 72.1 Å². The van der Waals surface area contributed by atoms with Crippen molar-refractivity contribution in [2.45, 2.75) is 66.5 Å². The molecule has 4 aliphatic heterocycles. The summed E-state index contributed by atoms with van der Waals surface area (Å²) in [7, 11) is 0.320. The van der Waals surface area contributed by atoms with Crippen molar-refractivity contribution in [1.82, 2.24) is 24.9 Å². The summed E-state index contributed by atoms with van der Waals surface area (Å²) in [4.78, 5) is 35.6. The van der Waals surface area contributed by atoms with Gasteiger partial charge in [-0.05, 0) is 139 Å². The Labute approximate surface area is 326 Å². The van der Waals surface area contributed by atoms with Crippen LogP contribution in [0.25, 0.3) is 0 Å². The standard InChI is InChI=1S/C42H59FN6O5S/c1-45(2)19-5-11-40(50)49-28-37(29-49)55(53,54)36-14-12-35(13-15-36)48-24-16-31(27-48)26-46-22-17-32(18-23-46)42(30-47-20-6-21-47,33-7-3-8-34(43)25-33)38-9-4-10-39(38)44-41(51)52/h3,5,7-8,11-15,25,31-32,37-39,44H,4,6,9-10,16-24,26-30H2,1-2H3,(H,51,52)/b11-5+/t31-,38-,39-,42?/m0/s1. The second-order valence-electron chi connectivity index (χ2n) is 17.0. The molecule has 1 aliphatic carbocycles. The number of carbonyl (C=O) groups excluding carboxylic acids is 1. The van der Waals surface area contributed by atoms with Crippen LogP contribution in [-0.2, 0) is 20.0 Å². The largest absolute Gasteiger partial charge is 0.465 e. The lowest BCUT2D eigenvalue weighted by Crippen LogP contribution is -2.59. The predicted octanol–water partition coefficient (Wildman–Crippen LogP) is 4.55. The van der Waals surface area contributed by atoms with E-state index in [9.17, 15) is 27.5 Å². The average molecular weight is 779 g/mol. The molecule has 5 fully saturated rings. The van der Waals surface area contributed by atoms with Crippen LogP contribution < -0.4 is 10.2 Å². The molecule has 300 valence electrons. The molecule has 1 unspecified atom stereocenters. The maximum Gasteiger partial charge on any atom is 0.404 e. The van der Waals surface area contributed by atoms with E-state index in [4.69, 9.17) is 0 Å². The summed E-state index contributed by atoms with van der Waals surface area (Å²) in [6.07, 6.45) is 9.29. The molecule has 4 saturated heterocycles. The van der Waals surface area contributed by atoms with Gasteiger partial charge in [0.05, 0.1) is 4.90 Å². The summed E-state index contributed by atoms with van der Waals surface area (Å²) in [6.45, 7) is 8.77. The van der Waals surface area contributed by atoms with E-state index >= 15 is 0 Å². The van der Waals surface area contributed by atoms with Crippen molar-refractivity contribution >= 4 is 27.5 Å². The Morgan fingerprint density at radius 1 is 0.927 bits per heavy atom. The predicted molar refractivity (Wildman–Crippen MR) is 213 cm³/mol. The number of halogens is 1. The summed E-state index contributed by atoms with van der Waals surface area (Å²) < 4.78 is 41.7. The molecule has 11 nitrogen and oxygen atoms in total. The number of carbonyl (C=O) groups is 2. The maximum atomic E-state index is 15.0. The Kier molecular flexibility index (Phi) is 12.2. The van der Waals surface area contributed by atoms with Gasteiger partial charge < -0.3 is 34.9 Å². The van der Waals surface area contributed by atoms with Crippen LogP contribution in [0.3, 0.4) is 0 Å². The van der Waals surface area contributed by atoms with Gasteiger partial charge in [-0.25, -0.2) is 17.6 Å². The molecule has 55 heavy (non-hydrogen) atoms. The first-order valence-electron chi connectivity index (χ1n) is 20.3. The molecule has 5 aliphatic rings. The fraction of sp³-hybridized carbons (Fsp3) is 0.619. The zero-order valence-corrected chi connectivity index (χ0v) is 33.3. The van der Waals surface area contributed by atoms with Crippen LogP contribution in [0.2, 0.25) is 0 Å². The fourth-order valence-electron chi connectivity index (χ4n) is 10.2. The highest BCUT2D eigenvalue weighted by Gasteiger charge is 2.53. The zero-order valence-electron chi connectivity index (χ0n) is 32.5. The van der Waals surface area contributed by atoms with E-state index < -0.39 is 21.2 Å². The first kappa shape index (κ1) is 39.7. The lowest BCUT2D eigenvalue weighted by Gasteiger charge is -2.53. The van der Waals surface area contributed by atoms with E-state index in [0.29, 0.717) is 23.3 Å². The van der Waals surface area contributed by atoms with Crippen LogP contribution in [0.15, 0.2) is 65.6 Å². The SMILES string of the molecule is CN(C)C/C=C/C(=O)N1CC(S(=O)(=O)c2ccc(N3CC[C@@H](CN4CCC(C(CN5CCC5)(c5cccc(F)c5)[C@H]5CCC[C@@H]5NC(=O)O)CC4)C3)cc2)C1. The summed E-state index contributed by atoms with van der Waals surface area (Å²) in [5, 5.41) is 12.1. The van der Waals surface area contributed by atoms with Crippen molar-refractivity contribution in [3.8, 4) is 0 Å². The molecular weight excluding hydrogens is 720 g/mol. The van der Waals surface area contributed by atoms with Gasteiger partial charge in [0, 0.05) is 69.0 Å². The van der Waals surface area contributed by atoms with Crippen LogP contribution in [0.4, 0.5) is 14.9 Å². The molecule has 0 spiro atoms. The smallest absolute Gasteiger partial charge is 0.404 e. The molecule has 0 aromatic heterocycles. The van der Waals surface area contributed by atoms with Crippen LogP contribution in [0.1, 0.15) is 50.5 Å². The third-order valence-electron chi connectivity index (χ3n) is 13.3. The van der Waals surface area contributed by atoms with Gasteiger partial charge in [0.1, 0.15) is 11.1 Å². The lowest BCUT2D eigenvalue weighted by molar-refractivity contribution is -0.129. The minimum atomic E-state index is -3.53. The van der Waals surface area contributed by atoms with E-state index in [0.717, 1.165) is 102 Å². The van der Waals surface area contributed by atoms with Crippen molar-refractivity contribution in [3.63, 3.8) is 0 Å². The molecule has 4 atom stereocenters. The quantitative estimate of drug-likeness (QED) is 0.267. The number of piperidine rings is 1. The summed E-state index contributed by atoms with van der Waals surface area (Å²) in [6, 6.07) is 14.3. The summed E-state index contributed by atoms with van der Waals surface area (Å²) in [5.41, 5.74) is 1.73. The Morgan fingerprint density at radius 3 is 2.33 bits per heavy atom. The number of likely N-dealkylation sites (N-methyl/N-ethyl adjacent to an activating group) is 1. The first-order chi connectivity index (χ1) is 26.4. The van der Waals surface area contributed by atoms with Gasteiger partial charge in [0.25, 0.3) is 0 Å². The Bertz CT molecular complexity index is 1790. The average Bonchev–Trinajstić information content (AvgIpc) is 3.77. The number of amides is 2. The molecule has 0 bridgehead atoms. The minimum Gasteiger partial charge on any atom is -0.465 e. The number of likely N-dealkylation sites (tertiary alicyclic amines) is 3. The highest BCUT2D eigenvalue weighted by atomic mass is 32.2. The van der Waals surface area contributed by atoms with Crippen LogP contribution in [0, 0.1) is 23.6 Å². The van der Waals surface area contributed by atoms with Gasteiger partial charge >= 0.3 is 6.09 Å². The summed E-state index contributed by atoms with van der Waals surface area (Å²) in [5.74, 6) is 0.547. The normalized spacial score (nSPS) is 25.6. The van der Waals surface area contributed by atoms with Gasteiger partial charge in [0.15, 0.2) is 9.84 Å². The van der Waals surface area contributed by atoms with Crippen molar-refractivity contribution < 1.29 is 27.5 Å². The maximum absolute atomic E-state index is 15.0. The molecule has 0 radical (unpaired) electrons. The van der Waals surface area contributed by atoms with Gasteiger partial charge in [-0.2, -0.15) is 0 Å². The molecule has 2 amide bonds. The first-order valence-corrected chi connectivity index (χ1v) is 21.9. The van der Waals surface area contributed by atoms with Crippen molar-refractivity contribution in [1.29, 1.82) is 0 Å². The van der Waals surface area contributed by atoms with E-state index in [1.165, 1.54) is 18.6 Å². The third-order valence-corrected chi connectivity index (χ3v) is 15.4. The van der Waals surface area contributed by atoms with Crippen molar-refractivity contribution in [2.75, 3.05) is 91.0 Å². The Hall–Kier alpha value is -3.52. The Morgan fingerprint density at radius 2 is 1.67 bits per heavy atom. The monoisotopic (exact) mass is 778 g/mol. The van der Waals surface area contributed by atoms with Crippen LogP contribution in [0.5, 0.6) is 0 Å². The number of nitrogens with one attached hydrogen (secondary N) is 1. The van der Waals surface area contributed by atoms with E-state index in [2.05, 4.69) is 26.1 Å². The number of nitrogens with zero attached hydrogens (tertiary/aromatic N) is 5. The second kappa shape index (κ2) is 16.9. The fourth-order valence-corrected chi connectivity index (χ4v) is 11.9. The highest BCUT2D eigenvalue weighted by molar-refractivity contribution is 7.92. The van der Waals surface area contributed by atoms with Gasteiger partial charge in [-0.1, -0.05) is 24.6 Å². The lowest BCUT2D eigenvalue weighted by atomic mass is 9.57. The van der Waals surface area contributed by atoms with E-state index in [-0.39, 0.29) is 42.2 Å². The molecule has 4 heterocycles. The molecule has 13 heteroatoms. The molecule has 2 aromatic rings. The molecule has 2 aromatic carbocycles. The summed E-state index contributed by atoms with van der Waals surface area (Å²) >= 11 is 0. The Balaban J connectivity index is 0.958. The number of hydrogen-bond donors (Lipinski definition) is 2. The topological polar surface area (TPSA) is 117 Å². The number of rotatable bonds is 14. The van der Waals surface area contributed by atoms with Gasteiger partial charge in [0.2, 0.25) is 5.91 Å². The number of hydrogen-bond acceptors (Lipinski definition) is 8.